The third-order valence-electron chi connectivity index (χ3n) is 2.83. The molecule has 0 heterocycles. The molecule has 0 saturated heterocycles. The van der Waals surface area contributed by atoms with Crippen LogP contribution in [0.3, 0.4) is 0 Å². The number of hydrogen-bond donors (Lipinski definition) is 2. The lowest BCUT2D eigenvalue weighted by Gasteiger charge is -2.10. The first-order valence-electron chi connectivity index (χ1n) is 6.39. The van der Waals surface area contributed by atoms with E-state index < -0.39 is 0 Å². The number of carbonyl (C=O) groups is 1. The van der Waals surface area contributed by atoms with Crippen LogP contribution in [-0.4, -0.2) is 18.1 Å². The predicted molar refractivity (Wildman–Crippen MR) is 87.8 cm³/mol. The molecule has 6 heteroatoms. The maximum atomic E-state index is 12.0. The minimum absolute atomic E-state index is 0.163. The second kappa shape index (κ2) is 7.20. The molecule has 22 heavy (non-hydrogen) atoms. The Hall–Kier alpha value is -2.91. The topological polar surface area (TPSA) is 74.2 Å². The van der Waals surface area contributed by atoms with Gasteiger partial charge in [0.05, 0.1) is 18.7 Å². The van der Waals surface area contributed by atoms with E-state index in [0.717, 1.165) is 0 Å². The van der Waals surface area contributed by atoms with Crippen LogP contribution in [0.1, 0.15) is 15.9 Å². The summed E-state index contributed by atoms with van der Waals surface area (Å²) >= 11 is 5.09. The second-order valence-corrected chi connectivity index (χ2v) is 4.74. The fourth-order valence-electron chi connectivity index (χ4n) is 1.75. The highest BCUT2D eigenvalue weighted by atomic mass is 32.1. The fraction of sp³-hybridized carbons (Fsp3) is 0.0625. The molecular formula is C16H13N3O2S. The van der Waals surface area contributed by atoms with Gasteiger partial charge in [-0.25, -0.2) is 0 Å². The van der Waals surface area contributed by atoms with E-state index in [1.807, 2.05) is 6.07 Å². The maximum absolute atomic E-state index is 12.0. The highest BCUT2D eigenvalue weighted by Crippen LogP contribution is 2.12. The number of thiocarbonyl (C=S) groups is 1. The number of rotatable bonds is 3. The van der Waals surface area contributed by atoms with Crippen LogP contribution in [-0.2, 0) is 0 Å². The average molecular weight is 311 g/mol. The first kappa shape index (κ1) is 15.5. The van der Waals surface area contributed by atoms with Gasteiger partial charge >= 0.3 is 0 Å². The van der Waals surface area contributed by atoms with E-state index in [-0.39, 0.29) is 11.0 Å². The standard InChI is InChI=1S/C16H13N3O2S/c1-21-14-7-5-12(6-8-14)15(20)19-16(22)18-13-4-2-3-11(9-13)10-17/h2-9H,1H3,(H2,18,19,20,22). The van der Waals surface area contributed by atoms with Gasteiger partial charge < -0.3 is 10.1 Å². The van der Waals surface area contributed by atoms with Gasteiger partial charge in [0.1, 0.15) is 5.75 Å². The third kappa shape index (κ3) is 4.04. The van der Waals surface area contributed by atoms with Crippen LogP contribution in [0.15, 0.2) is 48.5 Å². The minimum atomic E-state index is -0.323. The highest BCUT2D eigenvalue weighted by molar-refractivity contribution is 7.80. The van der Waals surface area contributed by atoms with Crippen molar-refractivity contribution in [2.24, 2.45) is 0 Å². The van der Waals surface area contributed by atoms with Crippen LogP contribution >= 0.6 is 12.2 Å². The number of methoxy groups -OCH3 is 1. The molecule has 2 rings (SSSR count). The fourth-order valence-corrected chi connectivity index (χ4v) is 1.96. The van der Waals surface area contributed by atoms with E-state index in [4.69, 9.17) is 22.2 Å². The minimum Gasteiger partial charge on any atom is -0.497 e. The quantitative estimate of drug-likeness (QED) is 0.853. The van der Waals surface area contributed by atoms with Crippen LogP contribution in [0.4, 0.5) is 5.69 Å². The lowest BCUT2D eigenvalue weighted by Crippen LogP contribution is -2.34. The number of hydrogen-bond acceptors (Lipinski definition) is 4. The lowest BCUT2D eigenvalue weighted by atomic mass is 10.2. The van der Waals surface area contributed by atoms with E-state index in [0.29, 0.717) is 22.6 Å². The van der Waals surface area contributed by atoms with Crippen molar-refractivity contribution in [2.45, 2.75) is 0 Å². The van der Waals surface area contributed by atoms with Gasteiger partial charge in [0.2, 0.25) is 0 Å². The van der Waals surface area contributed by atoms with Gasteiger partial charge in [0.25, 0.3) is 5.91 Å². The average Bonchev–Trinajstić information content (AvgIpc) is 2.55. The monoisotopic (exact) mass is 311 g/mol. The van der Waals surface area contributed by atoms with Crippen molar-refractivity contribution in [2.75, 3.05) is 12.4 Å². The summed E-state index contributed by atoms with van der Waals surface area (Å²) in [7, 11) is 1.56. The van der Waals surface area contributed by atoms with Crippen molar-refractivity contribution < 1.29 is 9.53 Å². The van der Waals surface area contributed by atoms with E-state index in [9.17, 15) is 4.79 Å². The van der Waals surface area contributed by atoms with E-state index in [1.54, 1.807) is 55.6 Å². The van der Waals surface area contributed by atoms with Crippen molar-refractivity contribution in [3.05, 3.63) is 59.7 Å². The van der Waals surface area contributed by atoms with Crippen molar-refractivity contribution in [1.82, 2.24) is 5.32 Å². The zero-order valence-electron chi connectivity index (χ0n) is 11.8. The van der Waals surface area contributed by atoms with E-state index in [2.05, 4.69) is 10.6 Å². The van der Waals surface area contributed by atoms with Crippen LogP contribution < -0.4 is 15.4 Å². The molecule has 110 valence electrons. The van der Waals surface area contributed by atoms with Crippen molar-refractivity contribution in [3.8, 4) is 11.8 Å². The number of amides is 1. The molecule has 5 nitrogen and oxygen atoms in total. The Morgan fingerprint density at radius 3 is 2.59 bits per heavy atom. The summed E-state index contributed by atoms with van der Waals surface area (Å²) < 4.78 is 5.03. The molecule has 0 aliphatic heterocycles. The number of benzene rings is 2. The first-order valence-corrected chi connectivity index (χ1v) is 6.80. The molecule has 0 aliphatic carbocycles. The molecule has 0 saturated carbocycles. The molecule has 0 bridgehead atoms. The van der Waals surface area contributed by atoms with E-state index in [1.165, 1.54) is 0 Å². The number of nitriles is 1. The molecule has 0 spiro atoms. The summed E-state index contributed by atoms with van der Waals surface area (Å²) in [5, 5.41) is 14.4. The van der Waals surface area contributed by atoms with Crippen molar-refractivity contribution in [3.63, 3.8) is 0 Å². The second-order valence-electron chi connectivity index (χ2n) is 4.33. The molecule has 2 aromatic rings. The molecule has 0 atom stereocenters. The summed E-state index contributed by atoms with van der Waals surface area (Å²) in [4.78, 5) is 12.0. The lowest BCUT2D eigenvalue weighted by molar-refractivity contribution is 0.0977. The molecule has 2 aromatic carbocycles. The number of anilines is 1. The van der Waals surface area contributed by atoms with Crippen LogP contribution in [0.5, 0.6) is 5.75 Å². The summed E-state index contributed by atoms with van der Waals surface area (Å²) in [5.74, 6) is 0.349. The highest BCUT2D eigenvalue weighted by Gasteiger charge is 2.08. The van der Waals surface area contributed by atoms with E-state index >= 15 is 0 Å². The Bertz CT molecular complexity index is 736. The molecule has 2 N–H and O–H groups in total. The zero-order valence-corrected chi connectivity index (χ0v) is 12.6. The molecule has 1 amide bonds. The van der Waals surface area contributed by atoms with Crippen LogP contribution in [0.2, 0.25) is 0 Å². The third-order valence-corrected chi connectivity index (χ3v) is 3.03. The van der Waals surface area contributed by atoms with Gasteiger partial charge in [-0.15, -0.1) is 0 Å². The van der Waals surface area contributed by atoms with Gasteiger partial charge in [0, 0.05) is 11.3 Å². The summed E-state index contributed by atoms with van der Waals surface area (Å²) in [6.45, 7) is 0. The number of carbonyl (C=O) groups excluding carboxylic acids is 1. The number of ether oxygens (including phenoxy) is 1. The molecule has 0 radical (unpaired) electrons. The molecule has 0 fully saturated rings. The zero-order chi connectivity index (χ0) is 15.9. The molecule has 0 aliphatic rings. The molecule has 0 aromatic heterocycles. The number of nitrogens with one attached hydrogen (secondary N) is 2. The SMILES string of the molecule is COc1ccc(C(=O)NC(=S)Nc2cccc(C#N)c2)cc1. The Balaban J connectivity index is 1.98. The summed E-state index contributed by atoms with van der Waals surface area (Å²) in [6, 6.07) is 15.5. The first-order chi connectivity index (χ1) is 10.6. The predicted octanol–water partition coefficient (Wildman–Crippen LogP) is 2.69. The van der Waals surface area contributed by atoms with Crippen LogP contribution in [0.25, 0.3) is 0 Å². The summed E-state index contributed by atoms with van der Waals surface area (Å²) in [5.41, 5.74) is 1.61. The Kier molecular flexibility index (Phi) is 5.07. The smallest absolute Gasteiger partial charge is 0.257 e. The Morgan fingerprint density at radius 1 is 1.23 bits per heavy atom. The number of nitrogens with zero attached hydrogens (tertiary/aromatic N) is 1. The van der Waals surface area contributed by atoms with Crippen molar-refractivity contribution >= 4 is 28.9 Å². The van der Waals surface area contributed by atoms with Gasteiger partial charge in [-0.3, -0.25) is 10.1 Å². The van der Waals surface area contributed by atoms with Crippen molar-refractivity contribution in [1.29, 1.82) is 5.26 Å². The van der Waals surface area contributed by atoms with Gasteiger partial charge in [-0.1, -0.05) is 6.07 Å². The Labute approximate surface area is 133 Å². The van der Waals surface area contributed by atoms with Gasteiger partial charge in [-0.2, -0.15) is 5.26 Å². The Morgan fingerprint density at radius 2 is 1.95 bits per heavy atom. The molecular weight excluding hydrogens is 298 g/mol. The van der Waals surface area contributed by atoms with Gasteiger partial charge in [0.15, 0.2) is 5.11 Å². The van der Waals surface area contributed by atoms with Crippen LogP contribution in [0, 0.1) is 11.3 Å². The summed E-state index contributed by atoms with van der Waals surface area (Å²) in [6.07, 6.45) is 0. The van der Waals surface area contributed by atoms with Gasteiger partial charge in [-0.05, 0) is 54.7 Å². The molecule has 0 unspecified atom stereocenters. The largest absolute Gasteiger partial charge is 0.497 e. The normalized spacial score (nSPS) is 9.45. The maximum Gasteiger partial charge on any atom is 0.257 e.